The molecule has 2 atom stereocenters. The lowest BCUT2D eigenvalue weighted by Gasteiger charge is -2.19. The maximum atomic E-state index is 12.5. The van der Waals surface area contributed by atoms with Gasteiger partial charge in [0.25, 0.3) is 0 Å². The fraction of sp³-hybridized carbons (Fsp3) is 0.400. The molecule has 2 aliphatic rings. The van der Waals surface area contributed by atoms with E-state index in [1.165, 1.54) is 12.1 Å². The summed E-state index contributed by atoms with van der Waals surface area (Å²) in [4.78, 5) is 37.3. The summed E-state index contributed by atoms with van der Waals surface area (Å²) in [6, 6.07) is 4.37. The molecule has 1 saturated carbocycles. The lowest BCUT2D eigenvalue weighted by molar-refractivity contribution is -0.122. The van der Waals surface area contributed by atoms with E-state index < -0.39 is 5.97 Å². The Morgan fingerprint density at radius 2 is 1.71 bits per heavy atom. The van der Waals surface area contributed by atoms with Gasteiger partial charge < -0.3 is 5.11 Å². The molecule has 0 bridgehead atoms. The smallest absolute Gasteiger partial charge is 0.335 e. The molecule has 1 N–H and O–H groups in total. The van der Waals surface area contributed by atoms with Gasteiger partial charge in [-0.05, 0) is 47.0 Å². The number of halogens is 1. The van der Waals surface area contributed by atoms with E-state index in [2.05, 4.69) is 15.9 Å². The van der Waals surface area contributed by atoms with Gasteiger partial charge in [-0.25, -0.2) is 9.69 Å². The Kier molecular flexibility index (Phi) is 3.57. The summed E-state index contributed by atoms with van der Waals surface area (Å²) < 4.78 is 0.549. The molecular weight excluding hydrogens is 338 g/mol. The number of carboxylic acids is 1. The third-order valence-electron chi connectivity index (χ3n) is 4.28. The van der Waals surface area contributed by atoms with Crippen LogP contribution in [0.5, 0.6) is 0 Å². The molecule has 0 aromatic heterocycles. The summed E-state index contributed by atoms with van der Waals surface area (Å²) in [6.45, 7) is 0. The van der Waals surface area contributed by atoms with E-state index in [-0.39, 0.29) is 29.2 Å². The molecular formula is C15H14BrNO4. The van der Waals surface area contributed by atoms with Crippen LogP contribution in [0.1, 0.15) is 36.0 Å². The molecule has 5 nitrogen and oxygen atoms in total. The largest absolute Gasteiger partial charge is 0.478 e. The minimum Gasteiger partial charge on any atom is -0.478 e. The van der Waals surface area contributed by atoms with Crippen LogP contribution in [0, 0.1) is 11.8 Å². The molecule has 1 aliphatic carbocycles. The van der Waals surface area contributed by atoms with Crippen molar-refractivity contribution in [2.75, 3.05) is 4.90 Å². The number of carboxylic acid groups (broad SMARTS) is 1. The number of nitrogens with zero attached hydrogens (tertiary/aromatic N) is 1. The molecule has 110 valence electrons. The minimum atomic E-state index is -1.08. The quantitative estimate of drug-likeness (QED) is 0.831. The van der Waals surface area contributed by atoms with E-state index in [9.17, 15) is 14.4 Å². The van der Waals surface area contributed by atoms with Gasteiger partial charge in [0.05, 0.1) is 23.1 Å². The zero-order valence-electron chi connectivity index (χ0n) is 11.2. The second-order valence-corrected chi connectivity index (χ2v) is 6.34. The fourth-order valence-corrected chi connectivity index (χ4v) is 3.64. The van der Waals surface area contributed by atoms with Crippen LogP contribution in [0.2, 0.25) is 0 Å². The maximum absolute atomic E-state index is 12.5. The third kappa shape index (κ3) is 2.27. The van der Waals surface area contributed by atoms with Crippen LogP contribution in [0.3, 0.4) is 0 Å². The molecule has 0 spiro atoms. The topological polar surface area (TPSA) is 74.7 Å². The second-order valence-electron chi connectivity index (χ2n) is 5.48. The fourth-order valence-electron chi connectivity index (χ4n) is 3.22. The van der Waals surface area contributed by atoms with Crippen molar-refractivity contribution in [2.24, 2.45) is 11.8 Å². The number of benzene rings is 1. The summed E-state index contributed by atoms with van der Waals surface area (Å²) >= 11 is 3.30. The van der Waals surface area contributed by atoms with E-state index >= 15 is 0 Å². The average molecular weight is 352 g/mol. The predicted octanol–water partition coefficient (Wildman–Crippen LogP) is 2.83. The summed E-state index contributed by atoms with van der Waals surface area (Å²) in [6.07, 6.45) is 3.40. The van der Waals surface area contributed by atoms with Gasteiger partial charge in [0.2, 0.25) is 11.8 Å². The van der Waals surface area contributed by atoms with Gasteiger partial charge in [-0.1, -0.05) is 12.8 Å². The normalized spacial score (nSPS) is 25.1. The number of hydrogen-bond donors (Lipinski definition) is 1. The molecule has 0 unspecified atom stereocenters. The molecule has 1 aliphatic heterocycles. The Labute approximate surface area is 130 Å². The Balaban J connectivity index is 2.04. The number of aromatic carboxylic acids is 1. The lowest BCUT2D eigenvalue weighted by atomic mass is 9.81. The first-order chi connectivity index (χ1) is 10.0. The SMILES string of the molecule is O=C(O)c1ccc(Br)c(N2C(=O)[C@@H]3CCCC[C@H]3C2=O)c1. The first-order valence-electron chi connectivity index (χ1n) is 6.91. The van der Waals surface area contributed by atoms with Crippen LogP contribution < -0.4 is 4.90 Å². The van der Waals surface area contributed by atoms with Gasteiger partial charge in [-0.15, -0.1) is 0 Å². The van der Waals surface area contributed by atoms with Gasteiger partial charge >= 0.3 is 5.97 Å². The van der Waals surface area contributed by atoms with Crippen LogP contribution in [0.25, 0.3) is 0 Å². The molecule has 1 heterocycles. The molecule has 0 radical (unpaired) electrons. The Morgan fingerprint density at radius 3 is 2.24 bits per heavy atom. The average Bonchev–Trinajstić information content (AvgIpc) is 2.72. The number of carbonyl (C=O) groups excluding carboxylic acids is 2. The molecule has 1 saturated heterocycles. The molecule has 2 fully saturated rings. The molecule has 2 amide bonds. The van der Waals surface area contributed by atoms with E-state index in [0.29, 0.717) is 10.2 Å². The monoisotopic (exact) mass is 351 g/mol. The van der Waals surface area contributed by atoms with E-state index in [1.54, 1.807) is 6.07 Å². The van der Waals surface area contributed by atoms with Crippen LogP contribution in [0.4, 0.5) is 5.69 Å². The van der Waals surface area contributed by atoms with Gasteiger partial charge in [0.15, 0.2) is 0 Å². The molecule has 1 aromatic carbocycles. The van der Waals surface area contributed by atoms with Crippen molar-refractivity contribution in [1.82, 2.24) is 0 Å². The van der Waals surface area contributed by atoms with Crippen LogP contribution in [0.15, 0.2) is 22.7 Å². The van der Waals surface area contributed by atoms with Crippen molar-refractivity contribution in [3.8, 4) is 0 Å². The van der Waals surface area contributed by atoms with Crippen LogP contribution in [-0.2, 0) is 9.59 Å². The molecule has 1 aromatic rings. The van der Waals surface area contributed by atoms with Gasteiger partial charge in [-0.3, -0.25) is 9.59 Å². The maximum Gasteiger partial charge on any atom is 0.335 e. The zero-order valence-corrected chi connectivity index (χ0v) is 12.8. The van der Waals surface area contributed by atoms with Crippen LogP contribution >= 0.6 is 15.9 Å². The number of imide groups is 1. The second kappa shape index (κ2) is 5.26. The van der Waals surface area contributed by atoms with Crippen molar-refractivity contribution >= 4 is 39.4 Å². The highest BCUT2D eigenvalue weighted by molar-refractivity contribution is 9.10. The van der Waals surface area contributed by atoms with Crippen molar-refractivity contribution in [1.29, 1.82) is 0 Å². The summed E-state index contributed by atoms with van der Waals surface area (Å²) in [7, 11) is 0. The summed E-state index contributed by atoms with van der Waals surface area (Å²) in [5.74, 6) is -1.97. The van der Waals surface area contributed by atoms with E-state index in [0.717, 1.165) is 30.6 Å². The van der Waals surface area contributed by atoms with Crippen molar-refractivity contribution < 1.29 is 19.5 Å². The Morgan fingerprint density at radius 1 is 1.14 bits per heavy atom. The van der Waals surface area contributed by atoms with Crippen molar-refractivity contribution in [3.63, 3.8) is 0 Å². The summed E-state index contributed by atoms with van der Waals surface area (Å²) in [5, 5.41) is 9.08. The highest BCUT2D eigenvalue weighted by atomic mass is 79.9. The van der Waals surface area contributed by atoms with Crippen LogP contribution in [-0.4, -0.2) is 22.9 Å². The Bertz CT molecular complexity index is 619. The first kappa shape index (κ1) is 14.3. The van der Waals surface area contributed by atoms with Gasteiger partial charge in [0.1, 0.15) is 0 Å². The summed E-state index contributed by atoms with van der Waals surface area (Å²) in [5.41, 5.74) is 0.392. The lowest BCUT2D eigenvalue weighted by Crippen LogP contribution is -2.31. The zero-order chi connectivity index (χ0) is 15.1. The van der Waals surface area contributed by atoms with Crippen molar-refractivity contribution in [3.05, 3.63) is 28.2 Å². The number of hydrogen-bond acceptors (Lipinski definition) is 3. The van der Waals surface area contributed by atoms with Gasteiger partial charge in [0, 0.05) is 4.47 Å². The number of fused-ring (bicyclic) bond motifs is 1. The standard InChI is InChI=1S/C15H14BrNO4/c16-11-6-5-8(15(20)21)7-12(11)17-13(18)9-3-1-2-4-10(9)14(17)19/h5-7,9-10H,1-4H2,(H,20,21)/t9-,10-/m1/s1. The highest BCUT2D eigenvalue weighted by Gasteiger charge is 2.49. The first-order valence-corrected chi connectivity index (χ1v) is 7.70. The number of rotatable bonds is 2. The molecule has 3 rings (SSSR count). The third-order valence-corrected chi connectivity index (χ3v) is 4.95. The Hall–Kier alpha value is -1.69. The number of amides is 2. The molecule has 21 heavy (non-hydrogen) atoms. The predicted molar refractivity (Wildman–Crippen MR) is 79.0 cm³/mol. The number of anilines is 1. The molecule has 6 heteroatoms. The number of carbonyl (C=O) groups is 3. The van der Waals surface area contributed by atoms with E-state index in [4.69, 9.17) is 5.11 Å². The van der Waals surface area contributed by atoms with Gasteiger partial charge in [-0.2, -0.15) is 0 Å². The van der Waals surface area contributed by atoms with E-state index in [1.807, 2.05) is 0 Å². The minimum absolute atomic E-state index is 0.0590. The van der Waals surface area contributed by atoms with Crippen molar-refractivity contribution in [2.45, 2.75) is 25.7 Å². The highest BCUT2D eigenvalue weighted by Crippen LogP contribution is 2.42.